The lowest BCUT2D eigenvalue weighted by Crippen LogP contribution is -2.51. The summed E-state index contributed by atoms with van der Waals surface area (Å²) in [6.45, 7) is 5.47. The Morgan fingerprint density at radius 1 is 1.13 bits per heavy atom. The summed E-state index contributed by atoms with van der Waals surface area (Å²) < 4.78 is 5.83. The van der Waals surface area contributed by atoms with Crippen molar-refractivity contribution in [3.05, 3.63) is 80.6 Å². The molecule has 0 saturated heterocycles. The molecule has 0 aliphatic carbocycles. The molecule has 1 amide bonds. The summed E-state index contributed by atoms with van der Waals surface area (Å²) in [5, 5.41) is 8.54. The molecule has 158 valence electrons. The lowest BCUT2D eigenvalue weighted by Gasteiger charge is -2.30. The number of hydrogen-bond acceptors (Lipinski definition) is 4. The van der Waals surface area contributed by atoms with Crippen LogP contribution in [0.3, 0.4) is 0 Å². The summed E-state index contributed by atoms with van der Waals surface area (Å²) in [6.07, 6.45) is 2.28. The fourth-order valence-electron chi connectivity index (χ4n) is 3.16. The second-order valence-electron chi connectivity index (χ2n) is 7.68. The van der Waals surface area contributed by atoms with Gasteiger partial charge in [0.1, 0.15) is 0 Å². The van der Waals surface area contributed by atoms with E-state index < -0.39 is 5.60 Å². The SMILES string of the molecule is CC(NC(=O)C(C)(C)Oc1ccc(Cl)cn1)C(Cc1ccc(Cl)cc1)c1ccsc1. The van der Waals surface area contributed by atoms with Gasteiger partial charge in [0.15, 0.2) is 5.60 Å². The Morgan fingerprint density at radius 2 is 1.83 bits per heavy atom. The molecule has 0 radical (unpaired) electrons. The van der Waals surface area contributed by atoms with Crippen LogP contribution in [-0.4, -0.2) is 22.5 Å². The van der Waals surface area contributed by atoms with Crippen LogP contribution >= 0.6 is 34.5 Å². The number of nitrogens with zero attached hydrogens (tertiary/aromatic N) is 1. The smallest absolute Gasteiger partial charge is 0.263 e. The summed E-state index contributed by atoms with van der Waals surface area (Å²) >= 11 is 13.5. The van der Waals surface area contributed by atoms with Gasteiger partial charge in [-0.1, -0.05) is 35.3 Å². The zero-order valence-electron chi connectivity index (χ0n) is 17.1. The predicted octanol–water partition coefficient (Wildman–Crippen LogP) is 6.14. The third-order valence-electron chi connectivity index (χ3n) is 4.91. The molecule has 30 heavy (non-hydrogen) atoms. The molecule has 0 aliphatic rings. The Kier molecular flexibility index (Phi) is 7.40. The van der Waals surface area contributed by atoms with Gasteiger partial charge in [-0.2, -0.15) is 11.3 Å². The minimum Gasteiger partial charge on any atom is -0.462 e. The molecule has 2 heterocycles. The van der Waals surface area contributed by atoms with E-state index in [0.29, 0.717) is 15.9 Å². The van der Waals surface area contributed by atoms with Crippen LogP contribution in [0.1, 0.15) is 37.8 Å². The van der Waals surface area contributed by atoms with Crippen LogP contribution in [-0.2, 0) is 11.2 Å². The Labute approximate surface area is 191 Å². The topological polar surface area (TPSA) is 51.2 Å². The first kappa shape index (κ1) is 22.6. The standard InChI is InChI=1S/C23H24Cl2N2O2S/c1-15(27-22(28)23(2,3)29-21-9-8-19(25)13-26-21)20(17-10-11-30-14-17)12-16-4-6-18(24)7-5-16/h4-11,13-15,20H,12H2,1-3H3,(H,27,28). The van der Waals surface area contributed by atoms with Gasteiger partial charge in [0.25, 0.3) is 5.91 Å². The highest BCUT2D eigenvalue weighted by atomic mass is 35.5. The summed E-state index contributed by atoms with van der Waals surface area (Å²) in [5.74, 6) is 0.261. The first-order valence-corrected chi connectivity index (χ1v) is 11.3. The minimum absolute atomic E-state index is 0.108. The van der Waals surface area contributed by atoms with Crippen molar-refractivity contribution >= 4 is 40.4 Å². The molecular formula is C23H24Cl2N2O2S. The predicted molar refractivity (Wildman–Crippen MR) is 124 cm³/mol. The number of rotatable bonds is 8. The lowest BCUT2D eigenvalue weighted by molar-refractivity contribution is -0.135. The molecule has 3 aromatic rings. The molecule has 0 aliphatic heterocycles. The monoisotopic (exact) mass is 462 g/mol. The van der Waals surface area contributed by atoms with Gasteiger partial charge in [-0.25, -0.2) is 4.98 Å². The second-order valence-corrected chi connectivity index (χ2v) is 9.34. The lowest BCUT2D eigenvalue weighted by atomic mass is 9.87. The maximum Gasteiger partial charge on any atom is 0.263 e. The highest BCUT2D eigenvalue weighted by Crippen LogP contribution is 2.28. The van der Waals surface area contributed by atoms with Gasteiger partial charge in [0, 0.05) is 29.2 Å². The summed E-state index contributed by atoms with van der Waals surface area (Å²) in [4.78, 5) is 17.1. The zero-order valence-corrected chi connectivity index (χ0v) is 19.4. The van der Waals surface area contributed by atoms with Crippen molar-refractivity contribution in [2.45, 2.75) is 44.8 Å². The number of hydrogen-bond donors (Lipinski definition) is 1. The fraction of sp³-hybridized carbons (Fsp3) is 0.304. The molecule has 0 saturated carbocycles. The molecule has 7 heteroatoms. The van der Waals surface area contributed by atoms with Crippen molar-refractivity contribution in [1.29, 1.82) is 0 Å². The van der Waals surface area contributed by atoms with E-state index in [1.165, 1.54) is 11.8 Å². The number of ether oxygens (including phenoxy) is 1. The van der Waals surface area contributed by atoms with E-state index in [9.17, 15) is 4.79 Å². The number of halogens is 2. The Balaban J connectivity index is 1.72. The highest BCUT2D eigenvalue weighted by molar-refractivity contribution is 7.08. The molecule has 0 spiro atoms. The Hall–Kier alpha value is -2.08. The van der Waals surface area contributed by atoms with Gasteiger partial charge in [-0.15, -0.1) is 0 Å². The average molecular weight is 463 g/mol. The number of amides is 1. The van der Waals surface area contributed by atoms with Gasteiger partial charge in [0.2, 0.25) is 5.88 Å². The van der Waals surface area contributed by atoms with Crippen molar-refractivity contribution < 1.29 is 9.53 Å². The van der Waals surface area contributed by atoms with Gasteiger partial charge in [-0.3, -0.25) is 4.79 Å². The van der Waals surface area contributed by atoms with Crippen molar-refractivity contribution in [2.75, 3.05) is 0 Å². The largest absolute Gasteiger partial charge is 0.462 e. The number of aromatic nitrogens is 1. The third kappa shape index (κ3) is 5.97. The number of carbonyl (C=O) groups is 1. The minimum atomic E-state index is -1.09. The molecule has 1 N–H and O–H groups in total. The van der Waals surface area contributed by atoms with Gasteiger partial charge < -0.3 is 10.1 Å². The van der Waals surface area contributed by atoms with Crippen LogP contribution in [0.25, 0.3) is 0 Å². The van der Waals surface area contributed by atoms with Gasteiger partial charge in [0.05, 0.1) is 5.02 Å². The number of pyridine rings is 1. The van der Waals surface area contributed by atoms with Crippen molar-refractivity contribution in [1.82, 2.24) is 10.3 Å². The Morgan fingerprint density at radius 3 is 2.43 bits per heavy atom. The molecule has 0 bridgehead atoms. The van der Waals surface area contributed by atoms with Crippen molar-refractivity contribution in [3.63, 3.8) is 0 Å². The molecule has 2 atom stereocenters. The van der Waals surface area contributed by atoms with E-state index >= 15 is 0 Å². The van der Waals surface area contributed by atoms with E-state index in [1.807, 2.05) is 31.2 Å². The van der Waals surface area contributed by atoms with E-state index in [0.717, 1.165) is 12.0 Å². The first-order chi connectivity index (χ1) is 14.2. The van der Waals surface area contributed by atoms with E-state index in [2.05, 4.69) is 27.1 Å². The molecule has 2 unspecified atom stereocenters. The van der Waals surface area contributed by atoms with Crippen LogP contribution in [0, 0.1) is 0 Å². The third-order valence-corrected chi connectivity index (χ3v) is 6.09. The molecule has 0 fully saturated rings. The van der Waals surface area contributed by atoms with E-state index in [1.54, 1.807) is 37.3 Å². The van der Waals surface area contributed by atoms with Gasteiger partial charge >= 0.3 is 0 Å². The normalized spacial score (nSPS) is 13.5. The van der Waals surface area contributed by atoms with Crippen LogP contribution in [0.2, 0.25) is 10.0 Å². The van der Waals surface area contributed by atoms with Gasteiger partial charge in [-0.05, 0) is 73.3 Å². The number of thiophene rings is 1. The maximum absolute atomic E-state index is 13.0. The fourth-order valence-corrected chi connectivity index (χ4v) is 4.12. The highest BCUT2D eigenvalue weighted by Gasteiger charge is 2.33. The van der Waals surface area contributed by atoms with Crippen molar-refractivity contribution in [3.8, 4) is 5.88 Å². The van der Waals surface area contributed by atoms with Crippen LogP contribution in [0.4, 0.5) is 0 Å². The number of benzene rings is 1. The molecule has 1 aromatic carbocycles. The summed E-state index contributed by atoms with van der Waals surface area (Å²) in [7, 11) is 0. The van der Waals surface area contributed by atoms with Crippen LogP contribution in [0.5, 0.6) is 5.88 Å². The van der Waals surface area contributed by atoms with Crippen LogP contribution in [0.15, 0.2) is 59.4 Å². The van der Waals surface area contributed by atoms with Crippen molar-refractivity contribution in [2.24, 2.45) is 0 Å². The average Bonchev–Trinajstić information content (AvgIpc) is 3.23. The second kappa shape index (κ2) is 9.82. The summed E-state index contributed by atoms with van der Waals surface area (Å²) in [5.41, 5.74) is 1.27. The van der Waals surface area contributed by atoms with E-state index in [4.69, 9.17) is 27.9 Å². The molecule has 3 rings (SSSR count). The molecule has 4 nitrogen and oxygen atoms in total. The first-order valence-electron chi connectivity index (χ1n) is 9.62. The molecule has 2 aromatic heterocycles. The molecular weight excluding hydrogens is 439 g/mol. The van der Waals surface area contributed by atoms with Crippen LogP contribution < -0.4 is 10.1 Å². The summed E-state index contributed by atoms with van der Waals surface area (Å²) in [6, 6.07) is 13.2. The maximum atomic E-state index is 13.0. The Bertz CT molecular complexity index is 958. The zero-order chi connectivity index (χ0) is 21.7. The number of carbonyl (C=O) groups excluding carboxylic acids is 1. The van der Waals surface area contributed by atoms with E-state index in [-0.39, 0.29) is 17.9 Å². The quantitative estimate of drug-likeness (QED) is 0.437. The number of nitrogens with one attached hydrogen (secondary N) is 1.